The third kappa shape index (κ3) is 5.28. The molecule has 0 aliphatic heterocycles. The van der Waals surface area contributed by atoms with Crippen LogP contribution in [0.4, 0.5) is 0 Å². The minimum Gasteiger partial charge on any atom is -0.493 e. The molecule has 0 spiro atoms. The summed E-state index contributed by atoms with van der Waals surface area (Å²) < 4.78 is 10.6. The minimum absolute atomic E-state index is 0.0514. The van der Waals surface area contributed by atoms with Crippen LogP contribution >= 0.6 is 0 Å². The zero-order valence-corrected chi connectivity index (χ0v) is 20.5. The normalized spacial score (nSPS) is 12.0. The van der Waals surface area contributed by atoms with E-state index in [-0.39, 0.29) is 11.6 Å². The summed E-state index contributed by atoms with van der Waals surface area (Å²) in [6, 6.07) is 15.8. The Kier molecular flexibility index (Phi) is 7.21. The zero-order chi connectivity index (χ0) is 26.5. The van der Waals surface area contributed by atoms with Crippen molar-refractivity contribution >= 4 is 28.9 Å². The molecule has 0 bridgehead atoms. The van der Waals surface area contributed by atoms with Crippen LogP contribution in [0.1, 0.15) is 34.5 Å². The third-order valence-corrected chi connectivity index (χ3v) is 5.99. The van der Waals surface area contributed by atoms with Crippen LogP contribution in [0.5, 0.6) is 11.5 Å². The van der Waals surface area contributed by atoms with Crippen molar-refractivity contribution in [1.82, 2.24) is 15.3 Å². The summed E-state index contributed by atoms with van der Waals surface area (Å²) in [4.78, 5) is 31.8. The fourth-order valence-electron chi connectivity index (χ4n) is 3.91. The summed E-state index contributed by atoms with van der Waals surface area (Å²) in [5.74, 6) is 0.119. The van der Waals surface area contributed by atoms with Gasteiger partial charge in [0.05, 0.1) is 20.3 Å². The van der Waals surface area contributed by atoms with Gasteiger partial charge in [-0.2, -0.15) is 5.26 Å². The molecule has 0 saturated heterocycles. The van der Waals surface area contributed by atoms with Crippen LogP contribution in [0.2, 0.25) is 0 Å². The molecule has 9 nitrogen and oxygen atoms in total. The summed E-state index contributed by atoms with van der Waals surface area (Å²) >= 11 is 0. The highest BCUT2D eigenvalue weighted by atomic mass is 16.5. The smallest absolute Gasteiger partial charge is 0.262 e. The Bertz CT molecular complexity index is 1550. The minimum atomic E-state index is -0.509. The van der Waals surface area contributed by atoms with Crippen molar-refractivity contribution < 1.29 is 19.1 Å². The molecular formula is C28H25N5O4. The lowest BCUT2D eigenvalue weighted by atomic mass is 10.0. The number of hydrogen-bond donors (Lipinski definition) is 3. The monoisotopic (exact) mass is 495 g/mol. The maximum atomic E-state index is 13.0. The van der Waals surface area contributed by atoms with Crippen LogP contribution < -0.4 is 20.5 Å². The third-order valence-electron chi connectivity index (χ3n) is 5.99. The van der Waals surface area contributed by atoms with Crippen LogP contribution in [0.25, 0.3) is 28.2 Å². The number of pyridine rings is 1. The molecule has 4 N–H and O–H groups in total. The van der Waals surface area contributed by atoms with Crippen molar-refractivity contribution in [2.24, 2.45) is 5.73 Å². The number of nitrogens with zero attached hydrogens (tertiary/aromatic N) is 2. The summed E-state index contributed by atoms with van der Waals surface area (Å²) in [6.07, 6.45) is 4.92. The molecule has 0 aliphatic rings. The highest BCUT2D eigenvalue weighted by molar-refractivity contribution is 6.04. The van der Waals surface area contributed by atoms with Crippen LogP contribution in [0.15, 0.2) is 66.5 Å². The van der Waals surface area contributed by atoms with E-state index >= 15 is 0 Å². The van der Waals surface area contributed by atoms with Crippen molar-refractivity contribution in [3.8, 4) is 28.7 Å². The standard InChI is InChI=1S/C28H25N5O4/c1-16(19-8-9-24(36-2)25(12-19)37-3)33-28(35)20(13-29)10-22-15-32-27-23(22)11-21(14-31-27)17-4-6-18(7-5-17)26(30)34/h4-12,14-16H,1-3H3,(H2,30,34)(H,31,32)(H,33,35)/b20-10+/t16-/m1/s1. The maximum absolute atomic E-state index is 13.0. The predicted molar refractivity (Wildman–Crippen MR) is 140 cm³/mol. The first-order valence-electron chi connectivity index (χ1n) is 11.4. The number of nitrogens with two attached hydrogens (primary N) is 1. The second-order valence-electron chi connectivity index (χ2n) is 8.29. The highest BCUT2D eigenvalue weighted by Crippen LogP contribution is 2.30. The van der Waals surface area contributed by atoms with Crippen LogP contribution in [0.3, 0.4) is 0 Å². The van der Waals surface area contributed by atoms with E-state index in [1.807, 2.05) is 25.1 Å². The van der Waals surface area contributed by atoms with Crippen molar-refractivity contribution in [3.05, 3.63) is 83.2 Å². The second kappa shape index (κ2) is 10.7. The topological polar surface area (TPSA) is 143 Å². The Morgan fingerprint density at radius 2 is 1.81 bits per heavy atom. The number of aromatic nitrogens is 2. The molecule has 0 saturated carbocycles. The first-order valence-corrected chi connectivity index (χ1v) is 11.4. The predicted octanol–water partition coefficient (Wildman–Crippen LogP) is 4.13. The SMILES string of the molecule is COc1ccc([C@@H](C)NC(=O)/C(C#N)=C/c2c[nH]c3ncc(-c4ccc(C(N)=O)cc4)cc23)cc1OC. The first kappa shape index (κ1) is 25.0. The Labute approximate surface area is 213 Å². The molecule has 2 aromatic carbocycles. The lowest BCUT2D eigenvalue weighted by Crippen LogP contribution is -2.27. The molecule has 37 heavy (non-hydrogen) atoms. The van der Waals surface area contributed by atoms with Gasteiger partial charge in [-0.15, -0.1) is 0 Å². The molecule has 9 heteroatoms. The largest absolute Gasteiger partial charge is 0.493 e. The van der Waals surface area contributed by atoms with E-state index < -0.39 is 11.8 Å². The number of amides is 2. The highest BCUT2D eigenvalue weighted by Gasteiger charge is 2.17. The summed E-state index contributed by atoms with van der Waals surface area (Å²) in [5, 5.41) is 13.3. The molecule has 186 valence electrons. The number of primary amides is 1. The van der Waals surface area contributed by atoms with Gasteiger partial charge in [-0.05, 0) is 54.5 Å². The van der Waals surface area contributed by atoms with E-state index in [4.69, 9.17) is 15.2 Å². The number of fused-ring (bicyclic) bond motifs is 1. The Morgan fingerprint density at radius 3 is 2.46 bits per heavy atom. The van der Waals surface area contributed by atoms with Gasteiger partial charge in [-0.3, -0.25) is 9.59 Å². The number of carbonyl (C=O) groups is 2. The molecule has 1 atom stereocenters. The number of nitrogens with one attached hydrogen (secondary N) is 2. The number of carbonyl (C=O) groups excluding carboxylic acids is 2. The van der Waals surface area contributed by atoms with E-state index in [1.165, 1.54) is 6.08 Å². The van der Waals surface area contributed by atoms with Crippen molar-refractivity contribution in [3.63, 3.8) is 0 Å². The van der Waals surface area contributed by atoms with Crippen molar-refractivity contribution in [2.75, 3.05) is 14.2 Å². The van der Waals surface area contributed by atoms with Gasteiger partial charge in [-0.1, -0.05) is 18.2 Å². The van der Waals surface area contributed by atoms with E-state index in [2.05, 4.69) is 15.3 Å². The van der Waals surface area contributed by atoms with Gasteiger partial charge in [0, 0.05) is 34.5 Å². The van der Waals surface area contributed by atoms with Crippen molar-refractivity contribution in [2.45, 2.75) is 13.0 Å². The van der Waals surface area contributed by atoms with Crippen molar-refractivity contribution in [1.29, 1.82) is 5.26 Å². The van der Waals surface area contributed by atoms with Gasteiger partial charge in [-0.25, -0.2) is 4.98 Å². The fraction of sp³-hybridized carbons (Fsp3) is 0.143. The number of benzene rings is 2. The van der Waals surface area contributed by atoms with E-state index in [9.17, 15) is 14.9 Å². The molecule has 4 aromatic rings. The van der Waals surface area contributed by atoms with Crippen LogP contribution in [0, 0.1) is 11.3 Å². The van der Waals surface area contributed by atoms with E-state index in [0.717, 1.165) is 22.1 Å². The molecule has 4 rings (SSSR count). The van der Waals surface area contributed by atoms with Crippen LogP contribution in [-0.2, 0) is 4.79 Å². The Hall–Kier alpha value is -5.10. The summed E-state index contributed by atoms with van der Waals surface area (Å²) in [6.45, 7) is 1.82. The zero-order valence-electron chi connectivity index (χ0n) is 20.5. The molecule has 0 aliphatic carbocycles. The van der Waals surface area contributed by atoms with Gasteiger partial charge in [0.2, 0.25) is 5.91 Å². The van der Waals surface area contributed by atoms with Crippen LogP contribution in [-0.4, -0.2) is 36.0 Å². The van der Waals surface area contributed by atoms with Gasteiger partial charge in [0.25, 0.3) is 5.91 Å². The number of hydrogen-bond acceptors (Lipinski definition) is 6. The molecule has 2 amide bonds. The lowest BCUT2D eigenvalue weighted by molar-refractivity contribution is -0.117. The second-order valence-corrected chi connectivity index (χ2v) is 8.29. The fourth-order valence-corrected chi connectivity index (χ4v) is 3.91. The molecule has 2 aromatic heterocycles. The van der Waals surface area contributed by atoms with Gasteiger partial charge in [0.15, 0.2) is 11.5 Å². The molecule has 0 fully saturated rings. The quantitative estimate of drug-likeness (QED) is 0.248. The van der Waals surface area contributed by atoms with Gasteiger partial charge < -0.3 is 25.5 Å². The van der Waals surface area contributed by atoms with Gasteiger partial charge in [0.1, 0.15) is 17.3 Å². The summed E-state index contributed by atoms with van der Waals surface area (Å²) in [7, 11) is 3.09. The van der Waals surface area contributed by atoms with Gasteiger partial charge >= 0.3 is 0 Å². The average Bonchev–Trinajstić information content (AvgIpc) is 3.32. The number of rotatable bonds is 8. The number of nitriles is 1. The number of ether oxygens (including phenoxy) is 2. The Balaban J connectivity index is 1.59. The molecule has 0 radical (unpaired) electrons. The molecule has 0 unspecified atom stereocenters. The van der Waals surface area contributed by atoms with E-state index in [1.54, 1.807) is 63.0 Å². The number of H-pyrrole nitrogens is 1. The number of methoxy groups -OCH3 is 2. The summed E-state index contributed by atoms with van der Waals surface area (Å²) in [5.41, 5.74) is 9.39. The maximum Gasteiger partial charge on any atom is 0.262 e. The molecular weight excluding hydrogens is 470 g/mol. The molecule has 2 heterocycles. The van der Waals surface area contributed by atoms with E-state index in [0.29, 0.717) is 28.3 Å². The average molecular weight is 496 g/mol. The Morgan fingerprint density at radius 1 is 1.08 bits per heavy atom. The lowest BCUT2D eigenvalue weighted by Gasteiger charge is -2.16. The first-order chi connectivity index (χ1) is 17.8. The number of aromatic amines is 1.